The summed E-state index contributed by atoms with van der Waals surface area (Å²) in [5.74, 6) is 0. The molecule has 100 valence electrons. The van der Waals surface area contributed by atoms with Crippen LogP contribution in [0, 0.1) is 20.8 Å². The number of rotatable bonds is 6. The summed E-state index contributed by atoms with van der Waals surface area (Å²) >= 11 is 0. The van der Waals surface area contributed by atoms with E-state index in [-0.39, 0.29) is 0 Å². The smallest absolute Gasteiger partial charge is 0.0233 e. The fraction of sp³-hybridized carbons (Fsp3) is 0.625. The number of hydrogen-bond acceptors (Lipinski definition) is 2. The lowest BCUT2D eigenvalue weighted by Crippen LogP contribution is -2.30. The molecule has 0 saturated heterocycles. The Balaban J connectivity index is 1.85. The number of hydrogen-bond donors (Lipinski definition) is 1. The molecular weight excluding hydrogens is 220 g/mol. The lowest BCUT2D eigenvalue weighted by Gasteiger charge is -2.19. The molecule has 0 aromatic heterocycles. The van der Waals surface area contributed by atoms with Crippen molar-refractivity contribution in [1.82, 2.24) is 10.2 Å². The fourth-order valence-electron chi connectivity index (χ4n) is 2.30. The maximum absolute atomic E-state index is 3.57. The molecule has 1 fully saturated rings. The topological polar surface area (TPSA) is 15.3 Å². The van der Waals surface area contributed by atoms with Crippen molar-refractivity contribution in [3.63, 3.8) is 0 Å². The van der Waals surface area contributed by atoms with Crippen LogP contribution in [0.2, 0.25) is 0 Å². The molecule has 1 N–H and O–H groups in total. The van der Waals surface area contributed by atoms with Crippen molar-refractivity contribution in [1.29, 1.82) is 0 Å². The second-order valence-electron chi connectivity index (χ2n) is 5.76. The molecule has 0 atom stereocenters. The Labute approximate surface area is 111 Å². The molecule has 0 bridgehead atoms. The fourth-order valence-corrected chi connectivity index (χ4v) is 2.30. The van der Waals surface area contributed by atoms with Crippen LogP contribution in [0.4, 0.5) is 0 Å². The highest BCUT2D eigenvalue weighted by Crippen LogP contribution is 2.19. The molecule has 0 radical (unpaired) electrons. The van der Waals surface area contributed by atoms with Crippen molar-refractivity contribution in [3.8, 4) is 0 Å². The van der Waals surface area contributed by atoms with E-state index < -0.39 is 0 Å². The normalized spacial score (nSPS) is 15.4. The quantitative estimate of drug-likeness (QED) is 0.830. The van der Waals surface area contributed by atoms with Gasteiger partial charge in [0.15, 0.2) is 0 Å². The van der Waals surface area contributed by atoms with Crippen LogP contribution in [0.5, 0.6) is 0 Å². The molecule has 0 aliphatic heterocycles. The zero-order valence-electron chi connectivity index (χ0n) is 12.2. The van der Waals surface area contributed by atoms with Crippen LogP contribution in [-0.4, -0.2) is 31.1 Å². The van der Waals surface area contributed by atoms with E-state index in [9.17, 15) is 0 Å². The summed E-state index contributed by atoms with van der Waals surface area (Å²) in [6, 6.07) is 5.35. The van der Waals surface area contributed by atoms with Crippen molar-refractivity contribution in [3.05, 3.63) is 34.4 Å². The summed E-state index contributed by atoms with van der Waals surface area (Å²) in [5.41, 5.74) is 5.76. The molecule has 1 aromatic rings. The van der Waals surface area contributed by atoms with Crippen molar-refractivity contribution >= 4 is 0 Å². The first kappa shape index (κ1) is 13.6. The summed E-state index contributed by atoms with van der Waals surface area (Å²) in [4.78, 5) is 2.41. The zero-order chi connectivity index (χ0) is 13.1. The van der Waals surface area contributed by atoms with Gasteiger partial charge in [0.05, 0.1) is 0 Å². The van der Waals surface area contributed by atoms with Gasteiger partial charge in [0, 0.05) is 25.7 Å². The van der Waals surface area contributed by atoms with Crippen LogP contribution < -0.4 is 5.32 Å². The van der Waals surface area contributed by atoms with Crippen molar-refractivity contribution in [2.75, 3.05) is 20.1 Å². The van der Waals surface area contributed by atoms with E-state index in [2.05, 4.69) is 50.2 Å². The molecule has 1 aliphatic rings. The van der Waals surface area contributed by atoms with Crippen LogP contribution in [-0.2, 0) is 6.54 Å². The lowest BCUT2D eigenvalue weighted by atomic mass is 9.98. The van der Waals surface area contributed by atoms with Crippen LogP contribution in [0.15, 0.2) is 12.1 Å². The molecule has 1 saturated carbocycles. The van der Waals surface area contributed by atoms with Crippen molar-refractivity contribution in [2.24, 2.45) is 0 Å². The largest absolute Gasteiger partial charge is 0.313 e. The van der Waals surface area contributed by atoms with Gasteiger partial charge in [-0.1, -0.05) is 12.1 Å². The van der Waals surface area contributed by atoms with Gasteiger partial charge in [-0.25, -0.2) is 0 Å². The van der Waals surface area contributed by atoms with E-state index in [0.717, 1.165) is 25.7 Å². The molecule has 2 heteroatoms. The highest BCUT2D eigenvalue weighted by molar-refractivity contribution is 5.38. The molecule has 18 heavy (non-hydrogen) atoms. The first-order valence-corrected chi connectivity index (χ1v) is 7.05. The molecule has 2 rings (SSSR count). The van der Waals surface area contributed by atoms with Crippen LogP contribution in [0.3, 0.4) is 0 Å². The number of nitrogens with zero attached hydrogens (tertiary/aromatic N) is 1. The van der Waals surface area contributed by atoms with E-state index in [1.165, 1.54) is 35.1 Å². The van der Waals surface area contributed by atoms with Gasteiger partial charge < -0.3 is 10.2 Å². The summed E-state index contributed by atoms with van der Waals surface area (Å²) in [6.07, 6.45) is 2.75. The minimum Gasteiger partial charge on any atom is -0.313 e. The average molecular weight is 246 g/mol. The number of benzene rings is 1. The first-order chi connectivity index (χ1) is 8.58. The van der Waals surface area contributed by atoms with Crippen LogP contribution in [0.1, 0.15) is 35.1 Å². The van der Waals surface area contributed by atoms with Gasteiger partial charge in [0.1, 0.15) is 0 Å². The second kappa shape index (κ2) is 5.85. The SMILES string of the molecule is Cc1ccc(CN(C)CCNC2CC2)c(C)c1C. The summed E-state index contributed by atoms with van der Waals surface area (Å²) < 4.78 is 0. The highest BCUT2D eigenvalue weighted by Gasteiger charge is 2.19. The Morgan fingerprint density at radius 3 is 2.56 bits per heavy atom. The Morgan fingerprint density at radius 2 is 1.89 bits per heavy atom. The average Bonchev–Trinajstić information content (AvgIpc) is 3.14. The number of nitrogens with one attached hydrogen (secondary N) is 1. The number of aryl methyl sites for hydroxylation is 1. The molecule has 0 amide bonds. The molecule has 1 aromatic carbocycles. The van der Waals surface area contributed by atoms with Gasteiger partial charge in [0.2, 0.25) is 0 Å². The molecule has 0 spiro atoms. The van der Waals surface area contributed by atoms with E-state index in [1.54, 1.807) is 0 Å². The Kier molecular flexibility index (Phi) is 4.41. The molecule has 0 unspecified atom stereocenters. The monoisotopic (exact) mass is 246 g/mol. The molecular formula is C16H26N2. The van der Waals surface area contributed by atoms with E-state index in [4.69, 9.17) is 0 Å². The van der Waals surface area contributed by atoms with Gasteiger partial charge in [0.25, 0.3) is 0 Å². The van der Waals surface area contributed by atoms with Gasteiger partial charge in [-0.2, -0.15) is 0 Å². The Morgan fingerprint density at radius 1 is 1.17 bits per heavy atom. The van der Waals surface area contributed by atoms with Crippen LogP contribution in [0.25, 0.3) is 0 Å². The summed E-state index contributed by atoms with van der Waals surface area (Å²) in [7, 11) is 2.21. The minimum absolute atomic E-state index is 0.821. The maximum atomic E-state index is 3.57. The van der Waals surface area contributed by atoms with Gasteiger partial charge in [-0.3, -0.25) is 0 Å². The third-order valence-corrected chi connectivity index (χ3v) is 4.11. The van der Waals surface area contributed by atoms with E-state index >= 15 is 0 Å². The predicted molar refractivity (Wildman–Crippen MR) is 78.0 cm³/mol. The summed E-state index contributed by atoms with van der Waals surface area (Å²) in [5, 5.41) is 3.57. The maximum Gasteiger partial charge on any atom is 0.0233 e. The van der Waals surface area contributed by atoms with Crippen molar-refractivity contribution < 1.29 is 0 Å². The van der Waals surface area contributed by atoms with Crippen LogP contribution >= 0.6 is 0 Å². The summed E-state index contributed by atoms with van der Waals surface area (Å²) in [6.45, 7) is 9.96. The standard InChI is InChI=1S/C16H26N2/c1-12-5-6-15(14(3)13(12)2)11-18(4)10-9-17-16-7-8-16/h5-6,16-17H,7-11H2,1-4H3. The third kappa shape index (κ3) is 3.56. The van der Waals surface area contributed by atoms with E-state index in [0.29, 0.717) is 0 Å². The zero-order valence-corrected chi connectivity index (χ0v) is 12.2. The highest BCUT2D eigenvalue weighted by atomic mass is 15.1. The van der Waals surface area contributed by atoms with E-state index in [1.807, 2.05) is 0 Å². The molecule has 0 heterocycles. The van der Waals surface area contributed by atoms with Gasteiger partial charge in [-0.15, -0.1) is 0 Å². The Hall–Kier alpha value is -0.860. The minimum atomic E-state index is 0.821. The van der Waals surface area contributed by atoms with Crippen molar-refractivity contribution in [2.45, 2.75) is 46.2 Å². The predicted octanol–water partition coefficient (Wildman–Crippen LogP) is 2.80. The first-order valence-electron chi connectivity index (χ1n) is 7.05. The van der Waals surface area contributed by atoms with Gasteiger partial charge >= 0.3 is 0 Å². The molecule has 2 nitrogen and oxygen atoms in total. The second-order valence-corrected chi connectivity index (χ2v) is 5.76. The lowest BCUT2D eigenvalue weighted by molar-refractivity contribution is 0.323. The third-order valence-electron chi connectivity index (χ3n) is 4.11. The van der Waals surface area contributed by atoms with Gasteiger partial charge in [-0.05, 0) is 62.9 Å². The Bertz CT molecular complexity index is 408. The molecule has 1 aliphatic carbocycles. The number of likely N-dealkylation sites (N-methyl/N-ethyl adjacent to an activating group) is 1.